The maximum Gasteiger partial charge on any atom is 0.338 e. The molecule has 2 aromatic carbocycles. The van der Waals surface area contributed by atoms with Gasteiger partial charge in [-0.2, -0.15) is 0 Å². The molecular formula is C23H21N3O3S. The second-order valence-corrected chi connectivity index (χ2v) is 7.79. The Kier molecular flexibility index (Phi) is 5.37. The van der Waals surface area contributed by atoms with Crippen molar-refractivity contribution in [1.82, 2.24) is 4.57 Å². The Labute approximate surface area is 178 Å². The van der Waals surface area contributed by atoms with Gasteiger partial charge in [0.15, 0.2) is 4.80 Å². The smallest absolute Gasteiger partial charge is 0.338 e. The normalized spacial score (nSPS) is 14.7. The van der Waals surface area contributed by atoms with Crippen molar-refractivity contribution < 1.29 is 14.6 Å². The first-order valence-electron chi connectivity index (χ1n) is 9.55. The number of nitrogens with zero attached hydrogens (tertiary/aromatic N) is 3. The molecule has 1 aliphatic rings. The number of ether oxygens (including phenoxy) is 1. The lowest BCUT2D eigenvalue weighted by Gasteiger charge is -2.01. The van der Waals surface area contributed by atoms with E-state index >= 15 is 0 Å². The van der Waals surface area contributed by atoms with E-state index in [1.54, 1.807) is 42.8 Å². The van der Waals surface area contributed by atoms with Crippen molar-refractivity contribution in [3.05, 3.63) is 69.3 Å². The number of rotatable bonds is 4. The van der Waals surface area contributed by atoms with E-state index in [0.717, 1.165) is 22.5 Å². The second-order valence-electron chi connectivity index (χ2n) is 6.78. The maximum atomic E-state index is 11.8. The number of allylic oxidation sites excluding steroid dienone is 1. The third-order valence-corrected chi connectivity index (χ3v) is 5.85. The topological polar surface area (TPSA) is 76.2 Å². The van der Waals surface area contributed by atoms with Gasteiger partial charge in [-0.25, -0.2) is 9.79 Å². The molecule has 0 radical (unpaired) electrons. The van der Waals surface area contributed by atoms with Crippen LogP contribution in [0.3, 0.4) is 0 Å². The molecule has 0 aliphatic carbocycles. The van der Waals surface area contributed by atoms with Crippen LogP contribution in [0, 0.1) is 0 Å². The molecule has 0 saturated heterocycles. The van der Waals surface area contributed by atoms with Crippen molar-refractivity contribution in [2.24, 2.45) is 17.0 Å². The van der Waals surface area contributed by atoms with Crippen molar-refractivity contribution in [2.45, 2.75) is 13.8 Å². The number of fused-ring (bicyclic) bond motifs is 1. The highest BCUT2D eigenvalue weighted by Crippen LogP contribution is 2.37. The molecule has 30 heavy (non-hydrogen) atoms. The van der Waals surface area contributed by atoms with Crippen molar-refractivity contribution >= 4 is 46.0 Å². The summed E-state index contributed by atoms with van der Waals surface area (Å²) in [7, 11) is 1.77. The van der Waals surface area contributed by atoms with Gasteiger partial charge >= 0.3 is 5.97 Å². The number of thiazole rings is 1. The van der Waals surface area contributed by atoms with E-state index in [0.29, 0.717) is 27.5 Å². The SMILES string of the molecule is CCOC(=O)c1ccc(N=c2sc(/C=C3\C(C)=Nc4ccccc43)c(O)n2C)cc1. The number of esters is 1. The Morgan fingerprint density at radius 1 is 1.23 bits per heavy atom. The third-order valence-electron chi connectivity index (χ3n) is 4.78. The lowest BCUT2D eigenvalue weighted by Crippen LogP contribution is -2.08. The van der Waals surface area contributed by atoms with Crippen LogP contribution in [0.25, 0.3) is 11.6 Å². The van der Waals surface area contributed by atoms with Gasteiger partial charge in [0.05, 0.1) is 28.4 Å². The molecule has 6 nitrogen and oxygen atoms in total. The largest absolute Gasteiger partial charge is 0.493 e. The fraction of sp³-hybridized carbons (Fsp3) is 0.174. The van der Waals surface area contributed by atoms with Gasteiger partial charge in [0.2, 0.25) is 5.88 Å². The number of aliphatic imine (C=N–C) groups is 1. The Hall–Kier alpha value is -3.45. The highest BCUT2D eigenvalue weighted by Gasteiger charge is 2.19. The Morgan fingerprint density at radius 2 is 1.97 bits per heavy atom. The quantitative estimate of drug-likeness (QED) is 0.614. The number of aromatic hydroxyl groups is 1. The molecule has 0 fully saturated rings. The summed E-state index contributed by atoms with van der Waals surface area (Å²) in [4.78, 5) is 22.4. The van der Waals surface area contributed by atoms with E-state index < -0.39 is 0 Å². The third kappa shape index (κ3) is 3.71. The van der Waals surface area contributed by atoms with Gasteiger partial charge in [0.1, 0.15) is 0 Å². The summed E-state index contributed by atoms with van der Waals surface area (Å²) in [6.45, 7) is 4.07. The van der Waals surface area contributed by atoms with Crippen LogP contribution in [0.2, 0.25) is 0 Å². The van der Waals surface area contributed by atoms with Gasteiger partial charge in [-0.15, -0.1) is 0 Å². The lowest BCUT2D eigenvalue weighted by atomic mass is 10.0. The van der Waals surface area contributed by atoms with Crippen LogP contribution in [-0.2, 0) is 11.8 Å². The predicted octanol–water partition coefficient (Wildman–Crippen LogP) is 4.85. The highest BCUT2D eigenvalue weighted by atomic mass is 32.1. The predicted molar refractivity (Wildman–Crippen MR) is 120 cm³/mol. The fourth-order valence-corrected chi connectivity index (χ4v) is 4.18. The zero-order chi connectivity index (χ0) is 21.3. The first kappa shape index (κ1) is 19.8. The molecule has 0 amide bonds. The Balaban J connectivity index is 1.69. The summed E-state index contributed by atoms with van der Waals surface area (Å²) < 4.78 is 6.64. The molecule has 0 bridgehead atoms. The zero-order valence-corrected chi connectivity index (χ0v) is 17.7. The molecule has 7 heteroatoms. The molecule has 0 atom stereocenters. The average molecular weight is 420 g/mol. The molecule has 0 saturated carbocycles. The second kappa shape index (κ2) is 8.12. The van der Waals surface area contributed by atoms with E-state index in [2.05, 4.69) is 9.98 Å². The van der Waals surface area contributed by atoms with Crippen LogP contribution in [0.4, 0.5) is 11.4 Å². The number of benzene rings is 2. The monoisotopic (exact) mass is 419 g/mol. The molecule has 0 spiro atoms. The molecule has 1 aromatic heterocycles. The minimum atomic E-state index is -0.355. The van der Waals surface area contributed by atoms with Gasteiger partial charge < -0.3 is 9.84 Å². The molecule has 1 aliphatic heterocycles. The number of aromatic nitrogens is 1. The van der Waals surface area contributed by atoms with E-state index in [-0.39, 0.29) is 11.8 Å². The van der Waals surface area contributed by atoms with E-state index in [1.165, 1.54) is 11.3 Å². The molecule has 152 valence electrons. The molecule has 0 unspecified atom stereocenters. The molecular weight excluding hydrogens is 398 g/mol. The van der Waals surface area contributed by atoms with E-state index in [9.17, 15) is 9.90 Å². The van der Waals surface area contributed by atoms with Gasteiger partial charge in [0.25, 0.3) is 0 Å². The maximum absolute atomic E-state index is 11.8. The number of carbonyl (C=O) groups is 1. The summed E-state index contributed by atoms with van der Waals surface area (Å²) in [6.07, 6.45) is 1.95. The standard InChI is InChI=1S/C23H21N3O3S/c1-4-29-22(28)15-9-11-16(12-10-15)25-23-26(3)21(27)20(30-23)13-18-14(2)24-19-8-6-5-7-17(18)19/h5-13,27H,4H2,1-3H3/b18-13+,25-23?. The zero-order valence-electron chi connectivity index (χ0n) is 16.9. The van der Waals surface area contributed by atoms with Crippen molar-refractivity contribution in [3.63, 3.8) is 0 Å². The van der Waals surface area contributed by atoms with Crippen LogP contribution in [0.15, 0.2) is 58.5 Å². The average Bonchev–Trinajstić information content (AvgIpc) is 3.20. The van der Waals surface area contributed by atoms with Gasteiger partial charge in [0, 0.05) is 23.9 Å². The summed E-state index contributed by atoms with van der Waals surface area (Å²) in [5.41, 5.74) is 5.07. The first-order chi connectivity index (χ1) is 14.5. The van der Waals surface area contributed by atoms with Crippen LogP contribution < -0.4 is 4.80 Å². The van der Waals surface area contributed by atoms with Crippen molar-refractivity contribution in [2.75, 3.05) is 6.61 Å². The number of carbonyl (C=O) groups excluding carboxylic acids is 1. The van der Waals surface area contributed by atoms with Crippen LogP contribution in [0.5, 0.6) is 5.88 Å². The van der Waals surface area contributed by atoms with E-state index in [4.69, 9.17) is 4.74 Å². The van der Waals surface area contributed by atoms with Crippen molar-refractivity contribution in [1.29, 1.82) is 0 Å². The summed E-state index contributed by atoms with van der Waals surface area (Å²) in [6, 6.07) is 14.8. The van der Waals surface area contributed by atoms with Crippen LogP contribution >= 0.6 is 11.3 Å². The number of para-hydroxylation sites is 1. The molecule has 1 N–H and O–H groups in total. The Morgan fingerprint density at radius 3 is 2.70 bits per heavy atom. The Bertz CT molecular complexity index is 1250. The lowest BCUT2D eigenvalue weighted by molar-refractivity contribution is 0.0526. The summed E-state index contributed by atoms with van der Waals surface area (Å²) >= 11 is 1.39. The highest BCUT2D eigenvalue weighted by molar-refractivity contribution is 7.10. The fourth-order valence-electron chi connectivity index (χ4n) is 3.21. The number of hydrogen-bond donors (Lipinski definition) is 1. The van der Waals surface area contributed by atoms with Crippen LogP contribution in [-0.4, -0.2) is 28.0 Å². The van der Waals surface area contributed by atoms with Gasteiger partial charge in [-0.1, -0.05) is 29.5 Å². The van der Waals surface area contributed by atoms with Gasteiger partial charge in [-0.05, 0) is 50.3 Å². The first-order valence-corrected chi connectivity index (χ1v) is 10.4. The van der Waals surface area contributed by atoms with Crippen LogP contribution in [0.1, 0.15) is 34.6 Å². The summed E-state index contributed by atoms with van der Waals surface area (Å²) in [5, 5.41) is 10.6. The molecule has 2 heterocycles. The molecule has 4 rings (SSSR count). The van der Waals surface area contributed by atoms with Gasteiger partial charge in [-0.3, -0.25) is 9.56 Å². The minimum Gasteiger partial charge on any atom is -0.493 e. The molecule has 3 aromatic rings. The number of hydrogen-bond acceptors (Lipinski definition) is 6. The minimum absolute atomic E-state index is 0.145. The summed E-state index contributed by atoms with van der Waals surface area (Å²) in [5.74, 6) is -0.210. The van der Waals surface area contributed by atoms with E-state index in [1.807, 2.05) is 37.3 Å². The van der Waals surface area contributed by atoms with Crippen molar-refractivity contribution in [3.8, 4) is 5.88 Å².